The standard InChI is InChI=1S/C11H13BrO4/c1-11(2,10(14)15)6-4-8(13)9(16-3)5-7(6)12/h4-5,13H,1-3H3,(H,14,15). The maximum Gasteiger partial charge on any atom is 0.313 e. The molecule has 0 fully saturated rings. The molecule has 0 amide bonds. The van der Waals surface area contributed by atoms with Gasteiger partial charge in [-0.25, -0.2) is 0 Å². The predicted octanol–water partition coefficient (Wildman–Crippen LogP) is 2.53. The summed E-state index contributed by atoms with van der Waals surface area (Å²) in [5.74, 6) is -0.732. The number of methoxy groups -OCH3 is 1. The van der Waals surface area contributed by atoms with Gasteiger partial charge >= 0.3 is 5.97 Å². The fourth-order valence-electron chi connectivity index (χ4n) is 1.30. The maximum atomic E-state index is 11.1. The highest BCUT2D eigenvalue weighted by Gasteiger charge is 2.32. The third kappa shape index (κ3) is 2.14. The van der Waals surface area contributed by atoms with Crippen LogP contribution in [0.5, 0.6) is 11.5 Å². The molecular weight excluding hydrogens is 276 g/mol. The average Bonchev–Trinajstić information content (AvgIpc) is 2.20. The lowest BCUT2D eigenvalue weighted by molar-refractivity contribution is -0.142. The second kappa shape index (κ2) is 4.33. The van der Waals surface area contributed by atoms with E-state index in [0.717, 1.165) is 0 Å². The van der Waals surface area contributed by atoms with Crippen molar-refractivity contribution < 1.29 is 19.7 Å². The van der Waals surface area contributed by atoms with Crippen molar-refractivity contribution in [1.82, 2.24) is 0 Å². The molecule has 0 heterocycles. The fraction of sp³-hybridized carbons (Fsp3) is 0.364. The highest BCUT2D eigenvalue weighted by atomic mass is 79.9. The summed E-state index contributed by atoms with van der Waals surface area (Å²) >= 11 is 3.27. The molecule has 0 aliphatic carbocycles. The molecule has 2 N–H and O–H groups in total. The lowest BCUT2D eigenvalue weighted by Crippen LogP contribution is -2.28. The van der Waals surface area contributed by atoms with Crippen LogP contribution in [0.2, 0.25) is 0 Å². The number of aromatic hydroxyl groups is 1. The van der Waals surface area contributed by atoms with Gasteiger partial charge in [0.2, 0.25) is 0 Å². The Labute approximate surface area is 102 Å². The quantitative estimate of drug-likeness (QED) is 0.897. The number of rotatable bonds is 3. The van der Waals surface area contributed by atoms with Crippen molar-refractivity contribution >= 4 is 21.9 Å². The molecule has 4 nitrogen and oxygen atoms in total. The van der Waals surface area contributed by atoms with Crippen LogP contribution in [0.15, 0.2) is 16.6 Å². The molecule has 88 valence electrons. The van der Waals surface area contributed by atoms with E-state index in [2.05, 4.69) is 15.9 Å². The van der Waals surface area contributed by atoms with Gasteiger partial charge in [0.15, 0.2) is 11.5 Å². The normalized spacial score (nSPS) is 11.2. The van der Waals surface area contributed by atoms with E-state index in [1.165, 1.54) is 13.2 Å². The van der Waals surface area contributed by atoms with E-state index in [9.17, 15) is 9.90 Å². The number of carbonyl (C=O) groups is 1. The van der Waals surface area contributed by atoms with Crippen molar-refractivity contribution in [2.24, 2.45) is 0 Å². The van der Waals surface area contributed by atoms with Gasteiger partial charge in [-0.3, -0.25) is 4.79 Å². The molecule has 1 rings (SSSR count). The average molecular weight is 289 g/mol. The highest BCUT2D eigenvalue weighted by molar-refractivity contribution is 9.10. The molecule has 0 aliphatic rings. The lowest BCUT2D eigenvalue weighted by atomic mass is 9.84. The van der Waals surface area contributed by atoms with Gasteiger partial charge in [0.05, 0.1) is 12.5 Å². The summed E-state index contributed by atoms with van der Waals surface area (Å²) in [6.45, 7) is 3.14. The summed E-state index contributed by atoms with van der Waals surface area (Å²) in [5, 5.41) is 18.7. The van der Waals surface area contributed by atoms with Crippen molar-refractivity contribution in [3.05, 3.63) is 22.2 Å². The molecule has 0 aliphatic heterocycles. The van der Waals surface area contributed by atoms with Crippen LogP contribution in [0.4, 0.5) is 0 Å². The number of hydrogen-bond acceptors (Lipinski definition) is 3. The maximum absolute atomic E-state index is 11.1. The third-order valence-corrected chi connectivity index (χ3v) is 3.13. The summed E-state index contributed by atoms with van der Waals surface area (Å²) < 4.78 is 5.52. The molecule has 0 saturated heterocycles. The van der Waals surface area contributed by atoms with Crippen molar-refractivity contribution in [3.63, 3.8) is 0 Å². The number of aliphatic carboxylic acids is 1. The van der Waals surface area contributed by atoms with Crippen molar-refractivity contribution in [3.8, 4) is 11.5 Å². The SMILES string of the molecule is COc1cc(Br)c(C(C)(C)C(=O)O)cc1O. The molecular formula is C11H13BrO4. The zero-order valence-corrected chi connectivity index (χ0v) is 10.8. The summed E-state index contributed by atoms with van der Waals surface area (Å²) in [7, 11) is 1.43. The summed E-state index contributed by atoms with van der Waals surface area (Å²) in [6, 6.07) is 2.95. The Bertz CT molecular complexity index is 426. The Balaban J connectivity index is 3.37. The van der Waals surface area contributed by atoms with Gasteiger partial charge < -0.3 is 14.9 Å². The van der Waals surface area contributed by atoms with Crippen LogP contribution in [0.1, 0.15) is 19.4 Å². The number of carboxylic acids is 1. The molecule has 0 aromatic heterocycles. The summed E-state index contributed by atoms with van der Waals surface area (Å²) in [5.41, 5.74) is -0.582. The minimum atomic E-state index is -1.08. The van der Waals surface area contributed by atoms with Crippen molar-refractivity contribution in [2.75, 3.05) is 7.11 Å². The number of ether oxygens (including phenoxy) is 1. The Morgan fingerprint density at radius 2 is 2.00 bits per heavy atom. The Hall–Kier alpha value is -1.23. The minimum absolute atomic E-state index is 0.0741. The monoisotopic (exact) mass is 288 g/mol. The van der Waals surface area contributed by atoms with E-state index in [1.54, 1.807) is 19.9 Å². The van der Waals surface area contributed by atoms with E-state index in [-0.39, 0.29) is 5.75 Å². The first-order valence-electron chi connectivity index (χ1n) is 4.61. The molecule has 0 atom stereocenters. The molecule has 0 spiro atoms. The van der Waals surface area contributed by atoms with Gasteiger partial charge in [-0.15, -0.1) is 0 Å². The van der Waals surface area contributed by atoms with Crippen LogP contribution < -0.4 is 4.74 Å². The molecule has 5 heteroatoms. The third-order valence-electron chi connectivity index (χ3n) is 2.48. The van der Waals surface area contributed by atoms with Crippen LogP contribution in [-0.4, -0.2) is 23.3 Å². The molecule has 0 saturated carbocycles. The number of benzene rings is 1. The predicted molar refractivity (Wildman–Crippen MR) is 63.0 cm³/mol. The highest BCUT2D eigenvalue weighted by Crippen LogP contribution is 2.38. The van der Waals surface area contributed by atoms with Crippen molar-refractivity contribution in [1.29, 1.82) is 0 Å². The van der Waals surface area contributed by atoms with Gasteiger partial charge in [-0.2, -0.15) is 0 Å². The van der Waals surface area contributed by atoms with Crippen LogP contribution >= 0.6 is 15.9 Å². The Morgan fingerprint density at radius 1 is 1.44 bits per heavy atom. The van der Waals surface area contributed by atoms with Crippen LogP contribution in [0.3, 0.4) is 0 Å². The van der Waals surface area contributed by atoms with Crippen molar-refractivity contribution in [2.45, 2.75) is 19.3 Å². The zero-order valence-electron chi connectivity index (χ0n) is 9.24. The molecule has 1 aromatic carbocycles. The number of hydrogen-bond donors (Lipinski definition) is 2. The van der Waals surface area contributed by atoms with Crippen LogP contribution in [0, 0.1) is 0 Å². The van der Waals surface area contributed by atoms with Gasteiger partial charge in [-0.1, -0.05) is 15.9 Å². The minimum Gasteiger partial charge on any atom is -0.504 e. The van der Waals surface area contributed by atoms with E-state index >= 15 is 0 Å². The number of halogens is 1. The number of phenols is 1. The van der Waals surface area contributed by atoms with E-state index in [1.807, 2.05) is 0 Å². The van der Waals surface area contributed by atoms with Gasteiger partial charge in [-0.05, 0) is 31.5 Å². The molecule has 16 heavy (non-hydrogen) atoms. The largest absolute Gasteiger partial charge is 0.504 e. The lowest BCUT2D eigenvalue weighted by Gasteiger charge is -2.22. The second-order valence-electron chi connectivity index (χ2n) is 3.93. The second-order valence-corrected chi connectivity index (χ2v) is 4.79. The number of phenolic OH excluding ortho intramolecular Hbond substituents is 1. The zero-order chi connectivity index (χ0) is 12.5. The van der Waals surface area contributed by atoms with Gasteiger partial charge in [0.1, 0.15) is 0 Å². The molecule has 0 unspecified atom stereocenters. The topological polar surface area (TPSA) is 66.8 Å². The van der Waals surface area contributed by atoms with E-state index < -0.39 is 11.4 Å². The first-order valence-corrected chi connectivity index (χ1v) is 5.40. The molecule has 0 bridgehead atoms. The van der Waals surface area contributed by atoms with E-state index in [4.69, 9.17) is 9.84 Å². The molecule has 1 aromatic rings. The van der Waals surface area contributed by atoms with E-state index in [0.29, 0.717) is 15.8 Å². The Kier molecular flexibility index (Phi) is 3.48. The first-order chi connectivity index (χ1) is 7.30. The van der Waals surface area contributed by atoms with Gasteiger partial charge in [0, 0.05) is 4.47 Å². The van der Waals surface area contributed by atoms with Gasteiger partial charge in [0.25, 0.3) is 0 Å². The summed E-state index contributed by atoms with van der Waals surface area (Å²) in [4.78, 5) is 11.1. The van der Waals surface area contributed by atoms with Crippen LogP contribution in [-0.2, 0) is 10.2 Å². The Morgan fingerprint density at radius 3 is 2.44 bits per heavy atom. The number of carboxylic acid groups (broad SMARTS) is 1. The molecule has 0 radical (unpaired) electrons. The fourth-order valence-corrected chi connectivity index (χ4v) is 2.12. The summed E-state index contributed by atoms with van der Waals surface area (Å²) in [6.07, 6.45) is 0. The van der Waals surface area contributed by atoms with Crippen LogP contribution in [0.25, 0.3) is 0 Å². The first kappa shape index (κ1) is 12.8. The smallest absolute Gasteiger partial charge is 0.313 e.